The zero-order valence-electron chi connectivity index (χ0n) is 15.4. The van der Waals surface area contributed by atoms with E-state index < -0.39 is 0 Å². The quantitative estimate of drug-likeness (QED) is 0.643. The second kappa shape index (κ2) is 8.39. The highest BCUT2D eigenvalue weighted by Gasteiger charge is 2.28. The number of rotatable bonds is 3. The summed E-state index contributed by atoms with van der Waals surface area (Å²) >= 11 is 4.15. The normalized spacial score (nSPS) is 24.1. The number of aryl methyl sites for hydroxylation is 2. The number of benzene rings is 2. The van der Waals surface area contributed by atoms with Crippen LogP contribution in [0.25, 0.3) is 0 Å². The van der Waals surface area contributed by atoms with Crippen LogP contribution in [0.1, 0.15) is 46.9 Å². The van der Waals surface area contributed by atoms with Crippen LogP contribution in [0.2, 0.25) is 0 Å². The minimum Gasteiger partial charge on any atom is -0.348 e. The molecule has 4 heteroatoms. The van der Waals surface area contributed by atoms with Gasteiger partial charge in [-0.15, -0.1) is 23.5 Å². The molecule has 1 saturated heterocycles. The van der Waals surface area contributed by atoms with Gasteiger partial charge in [0.15, 0.2) is 6.29 Å². The van der Waals surface area contributed by atoms with Crippen molar-refractivity contribution in [1.29, 1.82) is 0 Å². The van der Waals surface area contributed by atoms with Gasteiger partial charge in [0.05, 0.1) is 17.3 Å². The molecule has 0 amide bonds. The molecular formula is C22H26O2S2. The van der Waals surface area contributed by atoms with Gasteiger partial charge in [-0.25, -0.2) is 0 Å². The standard InChI is InChI=1S/C22H26O2S2/c1-15-10-18-13-25-21(26-14-19(18)11-16(15)2)12-20-8-9-23-22(24-20)17-6-4-3-5-7-17/h3-7,10-11,20-22H,8-9,12-14H2,1-2H3/t20-,22-/m0/s1. The molecule has 0 bridgehead atoms. The van der Waals surface area contributed by atoms with Gasteiger partial charge in [-0.05, 0) is 48.9 Å². The number of hydrogen-bond acceptors (Lipinski definition) is 4. The van der Waals surface area contributed by atoms with Crippen molar-refractivity contribution < 1.29 is 9.47 Å². The van der Waals surface area contributed by atoms with Crippen molar-refractivity contribution in [2.45, 2.75) is 55.2 Å². The molecule has 0 spiro atoms. The third-order valence-electron chi connectivity index (χ3n) is 5.22. The summed E-state index contributed by atoms with van der Waals surface area (Å²) in [6.45, 7) is 5.22. The Morgan fingerprint density at radius 1 is 0.962 bits per heavy atom. The zero-order valence-corrected chi connectivity index (χ0v) is 17.1. The lowest BCUT2D eigenvalue weighted by atomic mass is 10.0. The average Bonchev–Trinajstić information content (AvgIpc) is 2.86. The average molecular weight is 387 g/mol. The van der Waals surface area contributed by atoms with E-state index in [1.54, 1.807) is 0 Å². The predicted octanol–water partition coefficient (Wildman–Crippen LogP) is 6.00. The van der Waals surface area contributed by atoms with E-state index >= 15 is 0 Å². The van der Waals surface area contributed by atoms with Crippen LogP contribution in [-0.4, -0.2) is 17.3 Å². The van der Waals surface area contributed by atoms with E-state index in [2.05, 4.69) is 61.6 Å². The molecule has 2 atom stereocenters. The van der Waals surface area contributed by atoms with E-state index in [1.165, 1.54) is 22.3 Å². The number of hydrogen-bond donors (Lipinski definition) is 0. The SMILES string of the molecule is Cc1cc2c(cc1C)CSC(C[C@@H]1CCO[C@H](c3ccccc3)O1)SC2. The molecule has 0 radical (unpaired) electrons. The first-order valence-corrected chi connectivity index (χ1v) is 11.4. The van der Waals surface area contributed by atoms with Crippen molar-refractivity contribution in [1.82, 2.24) is 0 Å². The van der Waals surface area contributed by atoms with Gasteiger partial charge in [0.2, 0.25) is 0 Å². The molecule has 2 aliphatic heterocycles. The van der Waals surface area contributed by atoms with E-state index in [4.69, 9.17) is 9.47 Å². The molecule has 0 aromatic heterocycles. The molecule has 2 heterocycles. The molecule has 0 N–H and O–H groups in total. The fraction of sp³-hybridized carbons (Fsp3) is 0.455. The second-order valence-electron chi connectivity index (χ2n) is 7.15. The van der Waals surface area contributed by atoms with Gasteiger partial charge < -0.3 is 9.47 Å². The Morgan fingerprint density at radius 3 is 2.27 bits per heavy atom. The van der Waals surface area contributed by atoms with Crippen LogP contribution in [0.5, 0.6) is 0 Å². The topological polar surface area (TPSA) is 18.5 Å². The van der Waals surface area contributed by atoms with Gasteiger partial charge >= 0.3 is 0 Å². The summed E-state index contributed by atoms with van der Waals surface area (Å²) < 4.78 is 12.7. The van der Waals surface area contributed by atoms with Crippen molar-refractivity contribution in [2.75, 3.05) is 6.61 Å². The molecule has 1 fully saturated rings. The van der Waals surface area contributed by atoms with Crippen LogP contribution in [0.3, 0.4) is 0 Å². The summed E-state index contributed by atoms with van der Waals surface area (Å²) in [5, 5.41) is 0. The Morgan fingerprint density at radius 2 is 1.62 bits per heavy atom. The van der Waals surface area contributed by atoms with Gasteiger partial charge in [0, 0.05) is 17.1 Å². The highest BCUT2D eigenvalue weighted by molar-refractivity contribution is 8.16. The maximum absolute atomic E-state index is 6.28. The fourth-order valence-corrected chi connectivity index (χ4v) is 6.28. The van der Waals surface area contributed by atoms with Gasteiger partial charge in [0.1, 0.15) is 0 Å². The van der Waals surface area contributed by atoms with E-state index in [-0.39, 0.29) is 12.4 Å². The lowest BCUT2D eigenvalue weighted by Gasteiger charge is -2.32. The summed E-state index contributed by atoms with van der Waals surface area (Å²) in [4.78, 5) is 0. The third kappa shape index (κ3) is 4.30. The van der Waals surface area contributed by atoms with Crippen molar-refractivity contribution in [3.8, 4) is 0 Å². The Kier molecular flexibility index (Phi) is 5.94. The minimum atomic E-state index is -0.210. The van der Waals surface area contributed by atoms with Gasteiger partial charge in [-0.3, -0.25) is 0 Å². The maximum Gasteiger partial charge on any atom is 0.184 e. The van der Waals surface area contributed by atoms with Crippen molar-refractivity contribution in [3.63, 3.8) is 0 Å². The number of fused-ring (bicyclic) bond motifs is 1. The Labute approximate surface area is 165 Å². The predicted molar refractivity (Wildman–Crippen MR) is 112 cm³/mol. The summed E-state index contributed by atoms with van der Waals surface area (Å²) in [5.41, 5.74) is 6.97. The molecule has 2 aromatic carbocycles. The molecule has 0 unspecified atom stereocenters. The minimum absolute atomic E-state index is 0.210. The zero-order chi connectivity index (χ0) is 17.9. The van der Waals surface area contributed by atoms with E-state index in [0.29, 0.717) is 4.58 Å². The van der Waals surface area contributed by atoms with Crippen molar-refractivity contribution >= 4 is 23.5 Å². The molecular weight excluding hydrogens is 360 g/mol. The van der Waals surface area contributed by atoms with Gasteiger partial charge in [-0.2, -0.15) is 0 Å². The summed E-state index contributed by atoms with van der Waals surface area (Å²) in [5.74, 6) is 2.22. The summed E-state index contributed by atoms with van der Waals surface area (Å²) in [7, 11) is 0. The summed E-state index contributed by atoms with van der Waals surface area (Å²) in [6.07, 6.45) is 2.15. The number of thioether (sulfide) groups is 2. The lowest BCUT2D eigenvalue weighted by Crippen LogP contribution is -2.29. The smallest absolute Gasteiger partial charge is 0.184 e. The Bertz CT molecular complexity index is 714. The highest BCUT2D eigenvalue weighted by Crippen LogP contribution is 2.40. The molecule has 2 nitrogen and oxygen atoms in total. The molecule has 2 aromatic rings. The van der Waals surface area contributed by atoms with Crippen LogP contribution >= 0.6 is 23.5 Å². The monoisotopic (exact) mass is 386 g/mol. The molecule has 4 rings (SSSR count). The van der Waals surface area contributed by atoms with E-state index in [9.17, 15) is 0 Å². The molecule has 2 aliphatic rings. The Hall–Kier alpha value is -0.940. The van der Waals surface area contributed by atoms with Crippen molar-refractivity contribution in [2.24, 2.45) is 0 Å². The maximum atomic E-state index is 6.28. The Balaban J connectivity index is 1.37. The van der Waals surface area contributed by atoms with Crippen LogP contribution in [0, 0.1) is 13.8 Å². The van der Waals surface area contributed by atoms with Gasteiger partial charge in [0.25, 0.3) is 0 Å². The van der Waals surface area contributed by atoms with Crippen LogP contribution in [0.4, 0.5) is 0 Å². The highest BCUT2D eigenvalue weighted by atomic mass is 32.2. The molecule has 0 aliphatic carbocycles. The second-order valence-corrected chi connectivity index (χ2v) is 9.83. The first kappa shape index (κ1) is 18.4. The lowest BCUT2D eigenvalue weighted by molar-refractivity contribution is -0.217. The first-order valence-electron chi connectivity index (χ1n) is 9.33. The molecule has 0 saturated carbocycles. The third-order valence-corrected chi connectivity index (χ3v) is 8.12. The first-order chi connectivity index (χ1) is 12.7. The van der Waals surface area contributed by atoms with Crippen LogP contribution < -0.4 is 0 Å². The molecule has 26 heavy (non-hydrogen) atoms. The van der Waals surface area contributed by atoms with E-state index in [0.717, 1.165) is 36.5 Å². The van der Waals surface area contributed by atoms with Crippen LogP contribution in [0.15, 0.2) is 42.5 Å². The largest absolute Gasteiger partial charge is 0.348 e. The van der Waals surface area contributed by atoms with E-state index in [1.807, 2.05) is 18.2 Å². The van der Waals surface area contributed by atoms with Gasteiger partial charge in [-0.1, -0.05) is 42.5 Å². The summed E-state index contributed by atoms with van der Waals surface area (Å²) in [6, 6.07) is 15.1. The van der Waals surface area contributed by atoms with Crippen LogP contribution in [-0.2, 0) is 21.0 Å². The van der Waals surface area contributed by atoms with Crippen molar-refractivity contribution in [3.05, 3.63) is 70.3 Å². The fourth-order valence-electron chi connectivity index (χ4n) is 3.52. The number of ether oxygens (including phenoxy) is 2. The molecule has 138 valence electrons.